The predicted molar refractivity (Wildman–Crippen MR) is 92.2 cm³/mol. The summed E-state index contributed by atoms with van der Waals surface area (Å²) in [6.45, 7) is 9.48. The van der Waals surface area contributed by atoms with Crippen molar-refractivity contribution in [2.24, 2.45) is 39.9 Å². The van der Waals surface area contributed by atoms with Crippen LogP contribution in [0.3, 0.4) is 0 Å². The van der Waals surface area contributed by atoms with Crippen molar-refractivity contribution in [2.45, 2.75) is 73.2 Å². The maximum absolute atomic E-state index is 14.3. The topological polar surface area (TPSA) is 26.3 Å². The molecule has 2 bridgehead atoms. The van der Waals surface area contributed by atoms with Gasteiger partial charge in [-0.15, -0.1) is 0 Å². The molecule has 0 amide bonds. The first-order chi connectivity index (χ1) is 12.3. The number of rotatable bonds is 2. The van der Waals surface area contributed by atoms with Crippen LogP contribution in [0.1, 0.15) is 60.8 Å². The Balaban J connectivity index is 2.56. The van der Waals surface area contributed by atoms with E-state index in [0.717, 1.165) is 0 Å². The third-order valence-electron chi connectivity index (χ3n) is 6.63. The predicted octanol–water partition coefficient (Wildman–Crippen LogP) is 6.40. The van der Waals surface area contributed by atoms with E-state index in [2.05, 4.69) is 4.74 Å². The minimum atomic E-state index is -4.97. The van der Waals surface area contributed by atoms with Crippen molar-refractivity contribution in [3.63, 3.8) is 0 Å². The van der Waals surface area contributed by atoms with Crippen molar-refractivity contribution in [1.82, 2.24) is 0 Å². The maximum atomic E-state index is 14.3. The Bertz CT molecular complexity index is 596. The molecule has 0 aromatic heterocycles. The highest BCUT2D eigenvalue weighted by Gasteiger charge is 2.74. The Morgan fingerprint density at radius 2 is 1.39 bits per heavy atom. The van der Waals surface area contributed by atoms with Crippen LogP contribution >= 0.6 is 0 Å². The highest BCUT2D eigenvalue weighted by Crippen LogP contribution is 2.69. The first-order valence-corrected chi connectivity index (χ1v) is 9.63. The third-order valence-corrected chi connectivity index (χ3v) is 6.63. The van der Waals surface area contributed by atoms with Gasteiger partial charge in [0.15, 0.2) is 12.0 Å². The number of hydrogen-bond donors (Lipinski definition) is 0. The molecule has 3 aliphatic rings. The zero-order valence-electron chi connectivity index (χ0n) is 17.2. The Kier molecular flexibility index (Phi) is 5.66. The van der Waals surface area contributed by atoms with E-state index in [4.69, 9.17) is 0 Å². The molecule has 0 aromatic carbocycles. The molecule has 0 N–H and O–H groups in total. The van der Waals surface area contributed by atoms with Crippen LogP contribution < -0.4 is 0 Å². The number of carbonyl (C=O) groups excluding carboxylic acids is 1. The summed E-state index contributed by atoms with van der Waals surface area (Å²) in [5, 5.41) is 0. The minimum absolute atomic E-state index is 0.0582. The first kappa shape index (κ1) is 23.3. The summed E-state index contributed by atoms with van der Waals surface area (Å²) in [4.78, 5) is 12.6. The van der Waals surface area contributed by atoms with E-state index in [1.807, 2.05) is 41.5 Å². The monoisotopic (exact) mass is 416 g/mol. The first-order valence-electron chi connectivity index (χ1n) is 9.63. The number of halogens is 6. The quantitative estimate of drug-likeness (QED) is 0.385. The lowest BCUT2D eigenvalue weighted by molar-refractivity contribution is -0.299. The fourth-order valence-electron chi connectivity index (χ4n) is 5.98. The summed E-state index contributed by atoms with van der Waals surface area (Å²) in [5.41, 5.74) is -3.70. The largest absolute Gasteiger partial charge is 0.455 e. The molecule has 0 spiro atoms. The number of esters is 1. The summed E-state index contributed by atoms with van der Waals surface area (Å²) < 4.78 is 84.8. The molecule has 0 aliphatic heterocycles. The van der Waals surface area contributed by atoms with Crippen LogP contribution in [0, 0.1) is 39.9 Å². The highest BCUT2D eigenvalue weighted by atomic mass is 19.4. The molecule has 3 saturated carbocycles. The SMILES string of the molecule is CC(C)(C)C1C2CCC(C1C(C)(C)C)C(C(=O)OCC(F)(F)F)(C(F)(F)F)C2. The van der Waals surface area contributed by atoms with Crippen LogP contribution in [0.2, 0.25) is 0 Å². The number of carbonyl (C=O) groups is 1. The van der Waals surface area contributed by atoms with Crippen molar-refractivity contribution < 1.29 is 35.9 Å². The molecule has 2 nitrogen and oxygen atoms in total. The zero-order chi connectivity index (χ0) is 21.9. The molecule has 3 rings (SSSR count). The molecule has 0 aromatic rings. The average molecular weight is 416 g/mol. The molecule has 8 heteroatoms. The second kappa shape index (κ2) is 6.79. The molecule has 0 heterocycles. The van der Waals surface area contributed by atoms with Gasteiger partial charge in [-0.1, -0.05) is 41.5 Å². The number of ether oxygens (including phenoxy) is 1. The number of hydrogen-bond acceptors (Lipinski definition) is 2. The fourth-order valence-corrected chi connectivity index (χ4v) is 5.98. The molecule has 28 heavy (non-hydrogen) atoms. The lowest BCUT2D eigenvalue weighted by atomic mass is 9.40. The molecular formula is C20H30F6O2. The second-order valence-corrected chi connectivity index (χ2v) is 10.6. The molecule has 3 fully saturated rings. The Hall–Kier alpha value is -0.950. The number of alkyl halides is 6. The summed E-state index contributed by atoms with van der Waals surface area (Å²) in [6.07, 6.45) is -9.62. The van der Waals surface area contributed by atoms with Crippen LogP contribution in [0.4, 0.5) is 26.3 Å². The maximum Gasteiger partial charge on any atom is 0.422 e. The van der Waals surface area contributed by atoms with Gasteiger partial charge in [0.2, 0.25) is 0 Å². The summed E-state index contributed by atoms with van der Waals surface area (Å²) >= 11 is 0. The van der Waals surface area contributed by atoms with Gasteiger partial charge in [0.25, 0.3) is 0 Å². The molecule has 0 saturated heterocycles. The smallest absolute Gasteiger partial charge is 0.422 e. The van der Waals surface area contributed by atoms with E-state index in [1.165, 1.54) is 0 Å². The summed E-state index contributed by atoms with van der Waals surface area (Å²) in [7, 11) is 0. The molecule has 164 valence electrons. The van der Waals surface area contributed by atoms with Crippen LogP contribution in [0.5, 0.6) is 0 Å². The Morgan fingerprint density at radius 3 is 1.79 bits per heavy atom. The van der Waals surface area contributed by atoms with Gasteiger partial charge in [0.1, 0.15) is 0 Å². The van der Waals surface area contributed by atoms with Crippen molar-refractivity contribution in [3.05, 3.63) is 0 Å². The van der Waals surface area contributed by atoms with Crippen LogP contribution in [-0.2, 0) is 9.53 Å². The van der Waals surface area contributed by atoms with Crippen molar-refractivity contribution in [1.29, 1.82) is 0 Å². The van der Waals surface area contributed by atoms with Crippen LogP contribution in [-0.4, -0.2) is 24.9 Å². The standard InChI is InChI=1S/C20H30F6O2/c1-16(2,3)13-11-7-8-12(14(13)17(4,5)6)18(9-11,20(24,25)26)15(27)28-10-19(21,22)23/h11-14H,7-10H2,1-6H3. The number of fused-ring (bicyclic) bond motifs is 3. The average Bonchev–Trinajstić information content (AvgIpc) is 2.48. The molecule has 3 aliphatic carbocycles. The molecule has 5 unspecified atom stereocenters. The van der Waals surface area contributed by atoms with E-state index < -0.39 is 59.9 Å². The van der Waals surface area contributed by atoms with Gasteiger partial charge in [-0.2, -0.15) is 26.3 Å². The highest BCUT2D eigenvalue weighted by molar-refractivity contribution is 5.79. The van der Waals surface area contributed by atoms with Crippen molar-refractivity contribution >= 4 is 5.97 Å². The van der Waals surface area contributed by atoms with Crippen molar-refractivity contribution in [2.75, 3.05) is 6.61 Å². The van der Waals surface area contributed by atoms with Crippen LogP contribution in [0.25, 0.3) is 0 Å². The van der Waals surface area contributed by atoms with Gasteiger partial charge in [0.05, 0.1) is 0 Å². The normalized spacial score (nSPS) is 34.4. The van der Waals surface area contributed by atoms with E-state index >= 15 is 0 Å². The summed E-state index contributed by atoms with van der Waals surface area (Å²) in [5.74, 6) is -3.78. The minimum Gasteiger partial charge on any atom is -0.455 e. The van der Waals surface area contributed by atoms with Gasteiger partial charge in [0, 0.05) is 0 Å². The summed E-state index contributed by atoms with van der Waals surface area (Å²) in [6, 6.07) is 0. The lowest BCUT2D eigenvalue weighted by Crippen LogP contribution is -2.65. The lowest BCUT2D eigenvalue weighted by Gasteiger charge is -2.63. The van der Waals surface area contributed by atoms with Gasteiger partial charge in [-0.3, -0.25) is 4.79 Å². The van der Waals surface area contributed by atoms with E-state index in [9.17, 15) is 31.1 Å². The third kappa shape index (κ3) is 4.02. The van der Waals surface area contributed by atoms with E-state index in [1.54, 1.807) is 0 Å². The fraction of sp³-hybridized carbons (Fsp3) is 0.950. The molecule has 5 atom stereocenters. The molecular weight excluding hydrogens is 386 g/mol. The van der Waals surface area contributed by atoms with Crippen LogP contribution in [0.15, 0.2) is 0 Å². The van der Waals surface area contributed by atoms with Crippen molar-refractivity contribution in [3.8, 4) is 0 Å². The Morgan fingerprint density at radius 1 is 0.893 bits per heavy atom. The zero-order valence-corrected chi connectivity index (χ0v) is 17.2. The van der Waals surface area contributed by atoms with Gasteiger partial charge < -0.3 is 4.74 Å². The van der Waals surface area contributed by atoms with E-state index in [-0.39, 0.29) is 17.8 Å². The second-order valence-electron chi connectivity index (χ2n) is 10.6. The molecule has 0 radical (unpaired) electrons. The van der Waals surface area contributed by atoms with Gasteiger partial charge in [-0.25, -0.2) is 0 Å². The van der Waals surface area contributed by atoms with E-state index in [0.29, 0.717) is 6.42 Å². The Labute approximate surface area is 162 Å². The van der Waals surface area contributed by atoms with Gasteiger partial charge >= 0.3 is 18.3 Å². The van der Waals surface area contributed by atoms with Gasteiger partial charge in [-0.05, 0) is 53.8 Å².